The van der Waals surface area contributed by atoms with Gasteiger partial charge in [-0.25, -0.2) is 0 Å². The molecule has 1 spiro atoms. The van der Waals surface area contributed by atoms with Crippen LogP contribution in [0.25, 0.3) is 0 Å². The standard InChI is InChI=1S/C15H18BrNOS/c1-11-14(18)19-15(9-3-2-4-10-15)17(11)13-7-5-12(16)6-8-13/h5-8,11H,2-4,9-10H2,1H3/t11-/m0/s1. The smallest absolute Gasteiger partial charge is 0.213 e. The molecule has 3 rings (SSSR count). The van der Waals surface area contributed by atoms with Gasteiger partial charge in [-0.2, -0.15) is 0 Å². The number of nitrogens with zero attached hydrogens (tertiary/aromatic N) is 1. The summed E-state index contributed by atoms with van der Waals surface area (Å²) in [6, 6.07) is 8.36. The van der Waals surface area contributed by atoms with Gasteiger partial charge in [0, 0.05) is 10.2 Å². The molecule has 1 aliphatic carbocycles. The first-order valence-electron chi connectivity index (χ1n) is 6.90. The van der Waals surface area contributed by atoms with Crippen LogP contribution in [-0.2, 0) is 4.79 Å². The Balaban J connectivity index is 1.99. The normalized spacial score (nSPS) is 26.1. The molecule has 2 aliphatic rings. The summed E-state index contributed by atoms with van der Waals surface area (Å²) in [6.07, 6.45) is 6.03. The van der Waals surface area contributed by atoms with Crippen LogP contribution in [0.4, 0.5) is 5.69 Å². The van der Waals surface area contributed by atoms with E-state index in [1.54, 1.807) is 11.8 Å². The molecule has 1 atom stereocenters. The number of carbonyl (C=O) groups is 1. The highest BCUT2D eigenvalue weighted by Gasteiger charge is 2.50. The first-order valence-corrected chi connectivity index (χ1v) is 8.51. The number of anilines is 1. The highest BCUT2D eigenvalue weighted by atomic mass is 79.9. The molecule has 19 heavy (non-hydrogen) atoms. The number of rotatable bonds is 1. The number of hydrogen-bond acceptors (Lipinski definition) is 3. The molecule has 1 aromatic carbocycles. The van der Waals surface area contributed by atoms with Crippen molar-refractivity contribution in [3.8, 4) is 0 Å². The highest BCUT2D eigenvalue weighted by Crippen LogP contribution is 2.51. The fourth-order valence-electron chi connectivity index (χ4n) is 3.29. The summed E-state index contributed by atoms with van der Waals surface area (Å²) in [5, 5.41) is 0.324. The second-order valence-electron chi connectivity index (χ2n) is 5.45. The summed E-state index contributed by atoms with van der Waals surface area (Å²) in [5.41, 5.74) is 1.18. The minimum atomic E-state index is -0.00993. The molecule has 1 aromatic rings. The molecule has 102 valence electrons. The molecule has 0 bridgehead atoms. The Labute approximate surface area is 127 Å². The minimum Gasteiger partial charge on any atom is -0.346 e. The van der Waals surface area contributed by atoms with Crippen molar-refractivity contribution in [2.45, 2.75) is 49.9 Å². The van der Waals surface area contributed by atoms with Gasteiger partial charge >= 0.3 is 0 Å². The van der Waals surface area contributed by atoms with E-state index in [1.807, 2.05) is 6.92 Å². The zero-order valence-electron chi connectivity index (χ0n) is 11.1. The summed E-state index contributed by atoms with van der Waals surface area (Å²) >= 11 is 5.06. The van der Waals surface area contributed by atoms with Crippen molar-refractivity contribution >= 4 is 38.5 Å². The van der Waals surface area contributed by atoms with Gasteiger partial charge in [-0.3, -0.25) is 4.79 Å². The van der Waals surface area contributed by atoms with Gasteiger partial charge < -0.3 is 4.90 Å². The van der Waals surface area contributed by atoms with Crippen LogP contribution in [0.3, 0.4) is 0 Å². The summed E-state index contributed by atoms with van der Waals surface area (Å²) in [6.45, 7) is 2.04. The van der Waals surface area contributed by atoms with Crippen LogP contribution < -0.4 is 4.90 Å². The van der Waals surface area contributed by atoms with Crippen LogP contribution in [0.1, 0.15) is 39.0 Å². The van der Waals surface area contributed by atoms with E-state index >= 15 is 0 Å². The van der Waals surface area contributed by atoms with Crippen LogP contribution in [0.15, 0.2) is 28.7 Å². The summed E-state index contributed by atoms with van der Waals surface area (Å²) in [5.74, 6) is 0. The average molecular weight is 340 g/mol. The van der Waals surface area contributed by atoms with E-state index in [0.717, 1.165) is 17.3 Å². The van der Waals surface area contributed by atoms with Gasteiger partial charge in [0.05, 0.1) is 10.9 Å². The Morgan fingerprint density at radius 2 is 1.84 bits per heavy atom. The summed E-state index contributed by atoms with van der Waals surface area (Å²) in [4.78, 5) is 14.6. The van der Waals surface area contributed by atoms with Crippen molar-refractivity contribution < 1.29 is 4.79 Å². The molecular formula is C15H18BrNOS. The lowest BCUT2D eigenvalue weighted by Gasteiger charge is -2.42. The quantitative estimate of drug-likeness (QED) is 0.746. The Kier molecular flexibility index (Phi) is 3.65. The third kappa shape index (κ3) is 2.33. The molecule has 0 amide bonds. The van der Waals surface area contributed by atoms with Crippen LogP contribution in [-0.4, -0.2) is 16.0 Å². The summed E-state index contributed by atoms with van der Waals surface area (Å²) < 4.78 is 1.08. The lowest BCUT2D eigenvalue weighted by molar-refractivity contribution is -0.111. The lowest BCUT2D eigenvalue weighted by Crippen LogP contribution is -2.47. The van der Waals surface area contributed by atoms with E-state index in [4.69, 9.17) is 0 Å². The van der Waals surface area contributed by atoms with E-state index in [1.165, 1.54) is 24.9 Å². The van der Waals surface area contributed by atoms with Gasteiger partial charge in [0.2, 0.25) is 5.12 Å². The minimum absolute atomic E-state index is 0.00993. The van der Waals surface area contributed by atoms with Gasteiger partial charge in [0.1, 0.15) is 0 Å². The zero-order valence-corrected chi connectivity index (χ0v) is 13.5. The Hall–Kier alpha value is -0.480. The lowest BCUT2D eigenvalue weighted by atomic mass is 9.92. The van der Waals surface area contributed by atoms with Crippen molar-refractivity contribution in [2.75, 3.05) is 4.90 Å². The first-order chi connectivity index (χ1) is 9.12. The molecule has 1 aliphatic heterocycles. The monoisotopic (exact) mass is 339 g/mol. The molecule has 0 radical (unpaired) electrons. The van der Waals surface area contributed by atoms with Crippen molar-refractivity contribution in [1.29, 1.82) is 0 Å². The van der Waals surface area contributed by atoms with Crippen LogP contribution in [0.2, 0.25) is 0 Å². The summed E-state index contributed by atoms with van der Waals surface area (Å²) in [7, 11) is 0. The molecule has 4 heteroatoms. The van der Waals surface area contributed by atoms with E-state index in [9.17, 15) is 4.79 Å². The van der Waals surface area contributed by atoms with Gasteiger partial charge in [0.25, 0.3) is 0 Å². The number of benzene rings is 1. The molecule has 1 heterocycles. The third-order valence-corrected chi connectivity index (χ3v) is 6.25. The molecule has 2 fully saturated rings. The maximum absolute atomic E-state index is 12.2. The number of hydrogen-bond donors (Lipinski definition) is 0. The molecule has 0 unspecified atom stereocenters. The maximum atomic E-state index is 12.2. The molecule has 0 N–H and O–H groups in total. The van der Waals surface area contributed by atoms with Crippen molar-refractivity contribution in [3.05, 3.63) is 28.7 Å². The van der Waals surface area contributed by atoms with E-state index < -0.39 is 0 Å². The van der Waals surface area contributed by atoms with Gasteiger partial charge in [-0.1, -0.05) is 47.0 Å². The molecule has 1 saturated carbocycles. The fourth-order valence-corrected chi connectivity index (χ4v) is 5.06. The van der Waals surface area contributed by atoms with Crippen LogP contribution in [0.5, 0.6) is 0 Å². The largest absolute Gasteiger partial charge is 0.346 e. The topological polar surface area (TPSA) is 20.3 Å². The number of thioether (sulfide) groups is 1. The van der Waals surface area contributed by atoms with Crippen molar-refractivity contribution in [1.82, 2.24) is 0 Å². The Bertz CT molecular complexity index is 481. The maximum Gasteiger partial charge on any atom is 0.213 e. The highest BCUT2D eigenvalue weighted by molar-refractivity contribution is 9.10. The van der Waals surface area contributed by atoms with Crippen LogP contribution in [0, 0.1) is 0 Å². The molecular weight excluding hydrogens is 322 g/mol. The SMILES string of the molecule is C[C@H]1C(=O)SC2(CCCCC2)N1c1ccc(Br)cc1. The third-order valence-electron chi connectivity index (χ3n) is 4.20. The second-order valence-corrected chi connectivity index (χ2v) is 7.73. The zero-order chi connectivity index (χ0) is 13.5. The average Bonchev–Trinajstić information content (AvgIpc) is 2.64. The van der Waals surface area contributed by atoms with Crippen molar-refractivity contribution in [2.24, 2.45) is 0 Å². The van der Waals surface area contributed by atoms with E-state index in [2.05, 4.69) is 45.1 Å². The second kappa shape index (κ2) is 5.13. The number of halogens is 1. The van der Waals surface area contributed by atoms with Crippen LogP contribution >= 0.6 is 27.7 Å². The molecule has 0 aromatic heterocycles. The predicted octanol–water partition coefficient (Wildman–Crippen LogP) is 4.58. The number of carbonyl (C=O) groups excluding carboxylic acids is 1. The van der Waals surface area contributed by atoms with Gasteiger partial charge in [-0.05, 0) is 44.0 Å². The molecule has 1 saturated heterocycles. The predicted molar refractivity (Wildman–Crippen MR) is 84.5 cm³/mol. The Morgan fingerprint density at radius 3 is 2.47 bits per heavy atom. The fraction of sp³-hybridized carbons (Fsp3) is 0.533. The van der Waals surface area contributed by atoms with E-state index in [-0.39, 0.29) is 10.9 Å². The van der Waals surface area contributed by atoms with Gasteiger partial charge in [-0.15, -0.1) is 0 Å². The molecule has 2 nitrogen and oxygen atoms in total. The van der Waals surface area contributed by atoms with Gasteiger partial charge in [0.15, 0.2) is 0 Å². The Morgan fingerprint density at radius 1 is 1.21 bits per heavy atom. The van der Waals surface area contributed by atoms with E-state index in [0.29, 0.717) is 5.12 Å². The van der Waals surface area contributed by atoms with Crippen molar-refractivity contribution in [3.63, 3.8) is 0 Å². The first kappa shape index (κ1) is 13.5.